The van der Waals surface area contributed by atoms with Crippen molar-refractivity contribution in [3.05, 3.63) is 23.6 Å². The monoisotopic (exact) mass is 307 g/mol. The van der Waals surface area contributed by atoms with Gasteiger partial charge in [0.1, 0.15) is 11.5 Å². The first-order chi connectivity index (χ1) is 10.2. The lowest BCUT2D eigenvalue weighted by Gasteiger charge is -2.08. The van der Waals surface area contributed by atoms with E-state index in [1.165, 1.54) is 11.3 Å². The van der Waals surface area contributed by atoms with E-state index in [2.05, 4.69) is 10.3 Å². The van der Waals surface area contributed by atoms with E-state index >= 15 is 0 Å². The predicted molar refractivity (Wildman–Crippen MR) is 83.0 cm³/mol. The van der Waals surface area contributed by atoms with Crippen LogP contribution in [0.4, 0.5) is 5.13 Å². The normalized spacial score (nSPS) is 10.2. The molecule has 0 spiro atoms. The van der Waals surface area contributed by atoms with E-state index in [0.29, 0.717) is 23.2 Å². The van der Waals surface area contributed by atoms with E-state index in [4.69, 9.17) is 15.2 Å². The van der Waals surface area contributed by atoms with E-state index < -0.39 is 0 Å². The zero-order chi connectivity index (χ0) is 15.2. The maximum Gasteiger partial charge on any atom is 0.227 e. The average Bonchev–Trinajstić information content (AvgIpc) is 2.95. The topological polar surface area (TPSA) is 86.5 Å². The van der Waals surface area contributed by atoms with E-state index in [1.807, 2.05) is 23.6 Å². The molecule has 6 nitrogen and oxygen atoms in total. The molecule has 0 saturated carbocycles. The highest BCUT2D eigenvalue weighted by atomic mass is 32.1. The largest absolute Gasteiger partial charge is 0.497 e. The Balaban J connectivity index is 2.26. The van der Waals surface area contributed by atoms with Crippen LogP contribution in [-0.4, -0.2) is 31.7 Å². The quantitative estimate of drug-likeness (QED) is 0.853. The Morgan fingerprint density at radius 2 is 2.19 bits per heavy atom. The number of carbonyl (C=O) groups excluding carboxylic acids is 1. The van der Waals surface area contributed by atoms with Gasteiger partial charge in [-0.15, -0.1) is 11.3 Å². The Hall–Kier alpha value is -2.12. The van der Waals surface area contributed by atoms with Gasteiger partial charge in [-0.05, 0) is 18.2 Å². The maximum atomic E-state index is 11.5. The Bertz CT molecular complexity index is 628. The average molecular weight is 307 g/mol. The van der Waals surface area contributed by atoms with Gasteiger partial charge in [-0.1, -0.05) is 0 Å². The molecular formula is C14H17N3O3S. The minimum absolute atomic E-state index is 0.143. The van der Waals surface area contributed by atoms with Gasteiger partial charge in [0.15, 0.2) is 5.13 Å². The smallest absolute Gasteiger partial charge is 0.227 e. The third kappa shape index (κ3) is 3.71. The highest BCUT2D eigenvalue weighted by molar-refractivity contribution is 7.14. The van der Waals surface area contributed by atoms with Crippen molar-refractivity contribution in [1.29, 1.82) is 0 Å². The molecule has 0 bridgehead atoms. The molecule has 0 saturated heterocycles. The minimum Gasteiger partial charge on any atom is -0.497 e. The molecule has 1 amide bonds. The van der Waals surface area contributed by atoms with Crippen LogP contribution < -0.4 is 20.5 Å². The third-order valence-electron chi connectivity index (χ3n) is 2.80. The van der Waals surface area contributed by atoms with Crippen molar-refractivity contribution in [3.63, 3.8) is 0 Å². The second kappa shape index (κ2) is 7.05. The van der Waals surface area contributed by atoms with Crippen molar-refractivity contribution in [2.45, 2.75) is 6.42 Å². The number of amides is 1. The van der Waals surface area contributed by atoms with Gasteiger partial charge >= 0.3 is 0 Å². The number of benzene rings is 1. The van der Waals surface area contributed by atoms with Crippen LogP contribution in [0.15, 0.2) is 23.6 Å². The number of nitrogens with zero attached hydrogens (tertiary/aromatic N) is 1. The van der Waals surface area contributed by atoms with Gasteiger partial charge in [-0.25, -0.2) is 4.98 Å². The number of aromatic nitrogens is 1. The molecule has 3 N–H and O–H groups in total. The van der Waals surface area contributed by atoms with Gasteiger partial charge in [-0.3, -0.25) is 4.79 Å². The molecule has 0 radical (unpaired) electrons. The first-order valence-corrected chi connectivity index (χ1v) is 7.23. The number of hydrogen-bond acceptors (Lipinski definition) is 6. The van der Waals surface area contributed by atoms with Gasteiger partial charge in [0.05, 0.1) is 19.9 Å². The molecule has 0 atom stereocenters. The van der Waals surface area contributed by atoms with Crippen molar-refractivity contribution in [1.82, 2.24) is 4.98 Å². The number of rotatable bonds is 6. The Morgan fingerprint density at radius 1 is 1.38 bits per heavy atom. The fraction of sp³-hybridized carbons (Fsp3) is 0.286. The first kappa shape index (κ1) is 15.3. The predicted octanol–water partition coefficient (Wildman–Crippen LogP) is 2.11. The van der Waals surface area contributed by atoms with E-state index in [0.717, 1.165) is 11.3 Å². The Labute approximate surface area is 126 Å². The highest BCUT2D eigenvalue weighted by Crippen LogP contribution is 2.34. The zero-order valence-electron chi connectivity index (χ0n) is 11.9. The summed E-state index contributed by atoms with van der Waals surface area (Å²) in [4.78, 5) is 15.9. The highest BCUT2D eigenvalue weighted by Gasteiger charge is 2.12. The standard InChI is InChI=1S/C14H17N3O3S/c1-19-9-3-4-12(20-2)10(7-9)11-8-21-14(16-11)17-13(18)5-6-15/h3-4,7-8H,5-6,15H2,1-2H3,(H,16,17,18). The first-order valence-electron chi connectivity index (χ1n) is 6.35. The zero-order valence-corrected chi connectivity index (χ0v) is 12.7. The molecule has 0 aliphatic heterocycles. The fourth-order valence-corrected chi connectivity index (χ4v) is 2.51. The van der Waals surface area contributed by atoms with Gasteiger partial charge in [-0.2, -0.15) is 0 Å². The number of methoxy groups -OCH3 is 2. The summed E-state index contributed by atoms with van der Waals surface area (Å²) in [5.74, 6) is 1.27. The number of anilines is 1. The van der Waals surface area contributed by atoms with Crippen LogP contribution in [0, 0.1) is 0 Å². The van der Waals surface area contributed by atoms with E-state index in [1.54, 1.807) is 14.2 Å². The number of hydrogen-bond donors (Lipinski definition) is 2. The summed E-state index contributed by atoms with van der Waals surface area (Å²) >= 11 is 1.35. The second-order valence-electron chi connectivity index (χ2n) is 4.19. The summed E-state index contributed by atoms with van der Waals surface area (Å²) in [6, 6.07) is 5.48. The van der Waals surface area contributed by atoms with Crippen molar-refractivity contribution >= 4 is 22.4 Å². The molecule has 7 heteroatoms. The van der Waals surface area contributed by atoms with Crippen LogP contribution in [0.25, 0.3) is 11.3 Å². The molecule has 0 unspecified atom stereocenters. The summed E-state index contributed by atoms with van der Waals surface area (Å²) < 4.78 is 10.5. The number of carbonyl (C=O) groups is 1. The van der Waals surface area contributed by atoms with Crippen LogP contribution in [0.1, 0.15) is 6.42 Å². The lowest BCUT2D eigenvalue weighted by atomic mass is 10.1. The van der Waals surface area contributed by atoms with E-state index in [-0.39, 0.29) is 12.3 Å². The van der Waals surface area contributed by atoms with Crippen LogP contribution in [0.2, 0.25) is 0 Å². The maximum absolute atomic E-state index is 11.5. The number of nitrogens with one attached hydrogen (secondary N) is 1. The van der Waals surface area contributed by atoms with Crippen LogP contribution >= 0.6 is 11.3 Å². The summed E-state index contributed by atoms with van der Waals surface area (Å²) in [7, 11) is 3.20. The number of thiazole rings is 1. The molecule has 21 heavy (non-hydrogen) atoms. The lowest BCUT2D eigenvalue weighted by molar-refractivity contribution is -0.116. The summed E-state index contributed by atoms with van der Waals surface area (Å²) in [5.41, 5.74) is 6.87. The third-order valence-corrected chi connectivity index (χ3v) is 3.56. The molecule has 1 aromatic heterocycles. The molecule has 1 heterocycles. The van der Waals surface area contributed by atoms with Crippen LogP contribution in [-0.2, 0) is 4.79 Å². The lowest BCUT2D eigenvalue weighted by Crippen LogP contribution is -2.15. The Kier molecular flexibility index (Phi) is 5.13. The molecule has 2 aromatic rings. The van der Waals surface area contributed by atoms with Crippen LogP contribution in [0.3, 0.4) is 0 Å². The van der Waals surface area contributed by atoms with Crippen molar-refractivity contribution in [2.75, 3.05) is 26.1 Å². The second-order valence-corrected chi connectivity index (χ2v) is 5.05. The molecule has 1 aromatic carbocycles. The minimum atomic E-state index is -0.143. The van der Waals surface area contributed by atoms with E-state index in [9.17, 15) is 4.79 Å². The van der Waals surface area contributed by atoms with Gasteiger partial charge in [0, 0.05) is 23.9 Å². The van der Waals surface area contributed by atoms with Crippen molar-refractivity contribution in [3.8, 4) is 22.8 Å². The molecule has 2 rings (SSSR count). The van der Waals surface area contributed by atoms with Gasteiger partial charge in [0.25, 0.3) is 0 Å². The number of ether oxygens (including phenoxy) is 2. The Morgan fingerprint density at radius 3 is 2.86 bits per heavy atom. The van der Waals surface area contributed by atoms with Crippen molar-refractivity contribution in [2.24, 2.45) is 5.73 Å². The molecule has 0 aliphatic rings. The molecule has 0 fully saturated rings. The van der Waals surface area contributed by atoms with Gasteiger partial charge < -0.3 is 20.5 Å². The fourth-order valence-electron chi connectivity index (χ4n) is 1.78. The molecule has 112 valence electrons. The summed E-state index contributed by atoms with van der Waals surface area (Å²) in [5, 5.41) is 5.11. The molecule has 0 aliphatic carbocycles. The van der Waals surface area contributed by atoms with Crippen LogP contribution in [0.5, 0.6) is 11.5 Å². The SMILES string of the molecule is COc1ccc(OC)c(-c2csc(NC(=O)CCN)n2)c1. The molecular weight excluding hydrogens is 290 g/mol. The van der Waals surface area contributed by atoms with Crippen molar-refractivity contribution < 1.29 is 14.3 Å². The summed E-state index contributed by atoms with van der Waals surface area (Å²) in [6.45, 7) is 0.313. The summed E-state index contributed by atoms with van der Waals surface area (Å²) in [6.07, 6.45) is 0.275. The van der Waals surface area contributed by atoms with Gasteiger partial charge in [0.2, 0.25) is 5.91 Å². The number of nitrogens with two attached hydrogens (primary N) is 1.